The lowest BCUT2D eigenvalue weighted by molar-refractivity contribution is -0.113. The molecule has 1 aliphatic rings. The highest BCUT2D eigenvalue weighted by Gasteiger charge is 2.19. The molecule has 1 aromatic heterocycles. The van der Waals surface area contributed by atoms with Gasteiger partial charge in [0.05, 0.1) is 0 Å². The van der Waals surface area contributed by atoms with E-state index in [1.54, 1.807) is 11.1 Å². The van der Waals surface area contributed by atoms with Crippen molar-refractivity contribution in [3.05, 3.63) is 95.3 Å². The molecule has 1 heterocycles. The largest absolute Gasteiger partial charge is 0.322 e. The number of aromatic nitrogens is 1. The molecule has 5 heteroatoms. The van der Waals surface area contributed by atoms with E-state index in [1.807, 2.05) is 42.5 Å². The summed E-state index contributed by atoms with van der Waals surface area (Å²) in [5.74, 6) is -0.0346. The van der Waals surface area contributed by atoms with Gasteiger partial charge in [0, 0.05) is 41.8 Å². The molecule has 34 heavy (non-hydrogen) atoms. The van der Waals surface area contributed by atoms with Crippen LogP contribution in [0.15, 0.2) is 78.5 Å². The second-order valence-electron chi connectivity index (χ2n) is 8.75. The number of allylic oxidation sites excluding steroid dienone is 1. The van der Waals surface area contributed by atoms with Crippen LogP contribution in [0.5, 0.6) is 0 Å². The van der Waals surface area contributed by atoms with Gasteiger partial charge in [0.25, 0.3) is 5.91 Å². The molecule has 174 valence electrons. The first kappa shape index (κ1) is 23.4. The zero-order valence-electron chi connectivity index (χ0n) is 19.7. The van der Waals surface area contributed by atoms with E-state index in [-0.39, 0.29) is 5.91 Å². The summed E-state index contributed by atoms with van der Waals surface area (Å²) in [7, 11) is 0. The predicted molar refractivity (Wildman–Crippen MR) is 138 cm³/mol. The molecule has 5 nitrogen and oxygen atoms in total. The molecule has 0 aliphatic heterocycles. The topological polar surface area (TPSA) is 62.3 Å². The van der Waals surface area contributed by atoms with Crippen molar-refractivity contribution in [1.29, 1.82) is 0 Å². The normalized spacial score (nSPS) is 13.8. The molecule has 0 fully saturated rings. The SMILES string of the molecule is Cc1ccc(C2=C(C(=O)Nc3ccc(N(C=O)CCc4ccccn4)cc3)CCCCC2)cc1. The Bertz CT molecular complexity index is 1140. The summed E-state index contributed by atoms with van der Waals surface area (Å²) >= 11 is 0. The Kier molecular flexibility index (Phi) is 7.87. The van der Waals surface area contributed by atoms with Crippen molar-refractivity contribution in [2.24, 2.45) is 0 Å². The third-order valence-electron chi connectivity index (χ3n) is 6.31. The number of hydrogen-bond acceptors (Lipinski definition) is 3. The fourth-order valence-corrected chi connectivity index (χ4v) is 4.37. The summed E-state index contributed by atoms with van der Waals surface area (Å²) in [4.78, 5) is 30.9. The van der Waals surface area contributed by atoms with Gasteiger partial charge < -0.3 is 10.2 Å². The number of carbonyl (C=O) groups is 2. The van der Waals surface area contributed by atoms with Gasteiger partial charge in [-0.25, -0.2) is 0 Å². The Morgan fingerprint density at radius 2 is 1.74 bits per heavy atom. The van der Waals surface area contributed by atoms with E-state index >= 15 is 0 Å². The number of anilines is 2. The number of benzene rings is 2. The van der Waals surface area contributed by atoms with Gasteiger partial charge in [-0.1, -0.05) is 42.3 Å². The Labute approximate surface area is 201 Å². The summed E-state index contributed by atoms with van der Waals surface area (Å²) in [6.07, 6.45) is 8.26. The summed E-state index contributed by atoms with van der Waals surface area (Å²) in [6, 6.07) is 21.7. The van der Waals surface area contributed by atoms with Crippen molar-refractivity contribution in [2.75, 3.05) is 16.8 Å². The van der Waals surface area contributed by atoms with Crippen molar-refractivity contribution in [2.45, 2.75) is 45.4 Å². The molecule has 0 bridgehead atoms. The van der Waals surface area contributed by atoms with Crippen molar-refractivity contribution in [3.8, 4) is 0 Å². The quantitative estimate of drug-likeness (QED) is 0.429. The van der Waals surface area contributed by atoms with Gasteiger partial charge in [-0.15, -0.1) is 0 Å². The highest BCUT2D eigenvalue weighted by molar-refractivity contribution is 6.09. The molecule has 0 saturated heterocycles. The zero-order chi connectivity index (χ0) is 23.8. The minimum absolute atomic E-state index is 0.0346. The van der Waals surface area contributed by atoms with Crippen LogP contribution in [-0.4, -0.2) is 23.8 Å². The molecule has 2 amide bonds. The highest BCUT2D eigenvalue weighted by Crippen LogP contribution is 2.32. The van der Waals surface area contributed by atoms with Crippen molar-refractivity contribution in [3.63, 3.8) is 0 Å². The Hall–Kier alpha value is -3.73. The van der Waals surface area contributed by atoms with Gasteiger partial charge in [-0.2, -0.15) is 0 Å². The number of pyridine rings is 1. The third kappa shape index (κ3) is 5.98. The predicted octanol–water partition coefficient (Wildman–Crippen LogP) is 5.95. The van der Waals surface area contributed by atoms with Crippen LogP contribution in [0.1, 0.15) is 48.9 Å². The Balaban J connectivity index is 1.46. The summed E-state index contributed by atoms with van der Waals surface area (Å²) in [5, 5.41) is 3.08. The lowest BCUT2D eigenvalue weighted by Crippen LogP contribution is -2.24. The first-order valence-corrected chi connectivity index (χ1v) is 12.0. The zero-order valence-corrected chi connectivity index (χ0v) is 19.7. The highest BCUT2D eigenvalue weighted by atomic mass is 16.1. The molecule has 0 atom stereocenters. The Morgan fingerprint density at radius 3 is 2.44 bits per heavy atom. The molecule has 0 spiro atoms. The van der Waals surface area contributed by atoms with Gasteiger partial charge in [0.15, 0.2) is 0 Å². The minimum Gasteiger partial charge on any atom is -0.322 e. The van der Waals surface area contributed by atoms with Crippen LogP contribution >= 0.6 is 0 Å². The van der Waals surface area contributed by atoms with Crippen molar-refractivity contribution >= 4 is 29.3 Å². The lowest BCUT2D eigenvalue weighted by Gasteiger charge is -2.18. The molecule has 1 aliphatic carbocycles. The smallest absolute Gasteiger partial charge is 0.251 e. The van der Waals surface area contributed by atoms with E-state index in [1.165, 1.54) is 5.56 Å². The van der Waals surface area contributed by atoms with Crippen LogP contribution in [0.25, 0.3) is 5.57 Å². The van der Waals surface area contributed by atoms with E-state index in [4.69, 9.17) is 0 Å². The van der Waals surface area contributed by atoms with Crippen molar-refractivity contribution < 1.29 is 9.59 Å². The second-order valence-corrected chi connectivity index (χ2v) is 8.75. The van der Waals surface area contributed by atoms with E-state index in [2.05, 4.69) is 41.5 Å². The number of hydrogen-bond donors (Lipinski definition) is 1. The van der Waals surface area contributed by atoms with E-state index in [0.717, 1.165) is 72.3 Å². The molecular weight excluding hydrogens is 422 g/mol. The van der Waals surface area contributed by atoms with E-state index < -0.39 is 0 Å². The van der Waals surface area contributed by atoms with Gasteiger partial charge >= 0.3 is 0 Å². The number of nitrogens with one attached hydrogen (secondary N) is 1. The number of aryl methyl sites for hydroxylation is 1. The second kappa shape index (κ2) is 11.4. The maximum absolute atomic E-state index is 13.3. The minimum atomic E-state index is -0.0346. The van der Waals surface area contributed by atoms with Crippen LogP contribution in [0.2, 0.25) is 0 Å². The molecule has 4 rings (SSSR count). The van der Waals surface area contributed by atoms with Crippen LogP contribution in [-0.2, 0) is 16.0 Å². The first-order valence-electron chi connectivity index (χ1n) is 12.0. The van der Waals surface area contributed by atoms with Gasteiger partial charge in [-0.3, -0.25) is 14.6 Å². The molecule has 2 aromatic carbocycles. The first-order chi connectivity index (χ1) is 16.6. The van der Waals surface area contributed by atoms with Crippen LogP contribution in [0.4, 0.5) is 11.4 Å². The number of amides is 2. The Morgan fingerprint density at radius 1 is 0.971 bits per heavy atom. The average molecular weight is 454 g/mol. The summed E-state index contributed by atoms with van der Waals surface area (Å²) < 4.78 is 0. The number of carbonyl (C=O) groups excluding carboxylic acids is 2. The molecule has 0 radical (unpaired) electrons. The van der Waals surface area contributed by atoms with Gasteiger partial charge in [0.1, 0.15) is 0 Å². The molecular formula is C29H31N3O2. The monoisotopic (exact) mass is 453 g/mol. The van der Waals surface area contributed by atoms with Crippen LogP contribution in [0.3, 0.4) is 0 Å². The maximum atomic E-state index is 13.3. The third-order valence-corrected chi connectivity index (χ3v) is 6.31. The van der Waals surface area contributed by atoms with Gasteiger partial charge in [0.2, 0.25) is 6.41 Å². The van der Waals surface area contributed by atoms with E-state index in [9.17, 15) is 9.59 Å². The summed E-state index contributed by atoms with van der Waals surface area (Å²) in [6.45, 7) is 2.62. The van der Waals surface area contributed by atoms with Gasteiger partial charge in [-0.05, 0) is 80.1 Å². The van der Waals surface area contributed by atoms with Crippen LogP contribution < -0.4 is 10.2 Å². The summed E-state index contributed by atoms with van der Waals surface area (Å²) in [5.41, 5.74) is 6.86. The number of rotatable bonds is 8. The molecule has 3 aromatic rings. The average Bonchev–Trinajstić information content (AvgIpc) is 3.13. The fraction of sp³-hybridized carbons (Fsp3) is 0.276. The lowest BCUT2D eigenvalue weighted by atomic mass is 9.94. The molecule has 0 saturated carbocycles. The van der Waals surface area contributed by atoms with E-state index in [0.29, 0.717) is 13.0 Å². The molecule has 1 N–H and O–H groups in total. The maximum Gasteiger partial charge on any atom is 0.251 e. The fourth-order valence-electron chi connectivity index (χ4n) is 4.37. The molecule has 0 unspecified atom stereocenters. The van der Waals surface area contributed by atoms with Crippen molar-refractivity contribution in [1.82, 2.24) is 4.98 Å². The number of nitrogens with zero attached hydrogens (tertiary/aromatic N) is 2. The standard InChI is InChI=1S/C29H31N3O2/c1-22-10-12-23(13-11-22)27-8-3-2-4-9-28(27)29(34)31-25-14-16-26(17-15-25)32(21-33)20-18-24-7-5-6-19-30-24/h5-7,10-17,19,21H,2-4,8-9,18,20H2,1H3,(H,31,34). The van der Waals surface area contributed by atoms with Crippen LogP contribution in [0, 0.1) is 6.92 Å².